The van der Waals surface area contributed by atoms with Gasteiger partial charge < -0.3 is 14.7 Å². The molecule has 7 nitrogen and oxygen atoms in total. The summed E-state index contributed by atoms with van der Waals surface area (Å²) >= 11 is 0. The number of anilines is 1. The van der Waals surface area contributed by atoms with Gasteiger partial charge in [-0.1, -0.05) is 12.1 Å². The second kappa shape index (κ2) is 9.32. The van der Waals surface area contributed by atoms with Crippen molar-refractivity contribution in [3.05, 3.63) is 59.3 Å². The third-order valence-electron chi connectivity index (χ3n) is 4.75. The molecule has 1 N–H and O–H groups in total. The van der Waals surface area contributed by atoms with Gasteiger partial charge in [0.1, 0.15) is 5.82 Å². The van der Waals surface area contributed by atoms with E-state index in [-0.39, 0.29) is 5.97 Å². The van der Waals surface area contributed by atoms with Gasteiger partial charge in [0.25, 0.3) is 0 Å². The lowest BCUT2D eigenvalue weighted by molar-refractivity contribution is 0.0525. The molecular formula is C21H25N3O4. The fraction of sp³-hybridized carbons (Fsp3) is 0.381. The maximum Gasteiger partial charge on any atom is 0.339 e. The Morgan fingerprint density at radius 2 is 1.96 bits per heavy atom. The van der Waals surface area contributed by atoms with Crippen LogP contribution in [0.15, 0.2) is 42.6 Å². The molecule has 1 aromatic carbocycles. The molecule has 1 aliphatic heterocycles. The van der Waals surface area contributed by atoms with Crippen LogP contribution in [0.2, 0.25) is 0 Å². The molecule has 0 saturated carbocycles. The van der Waals surface area contributed by atoms with E-state index in [0.717, 1.165) is 50.5 Å². The minimum Gasteiger partial charge on any atom is -0.478 e. The number of pyridine rings is 1. The summed E-state index contributed by atoms with van der Waals surface area (Å²) < 4.78 is 4.99. The lowest BCUT2D eigenvalue weighted by atomic mass is 10.1. The Kier molecular flexibility index (Phi) is 6.60. The Labute approximate surface area is 164 Å². The highest BCUT2D eigenvalue weighted by Gasteiger charge is 2.17. The van der Waals surface area contributed by atoms with E-state index in [1.165, 1.54) is 0 Å². The predicted octanol–water partition coefficient (Wildman–Crippen LogP) is 2.67. The number of hydrogen-bond acceptors (Lipinski definition) is 6. The van der Waals surface area contributed by atoms with Crippen LogP contribution in [0.3, 0.4) is 0 Å². The van der Waals surface area contributed by atoms with Gasteiger partial charge in [0, 0.05) is 38.9 Å². The van der Waals surface area contributed by atoms with Crippen LogP contribution in [-0.4, -0.2) is 59.7 Å². The zero-order chi connectivity index (χ0) is 19.9. The Morgan fingerprint density at radius 1 is 1.11 bits per heavy atom. The van der Waals surface area contributed by atoms with Crippen molar-refractivity contribution in [2.24, 2.45) is 0 Å². The molecule has 0 aliphatic carbocycles. The van der Waals surface area contributed by atoms with Crippen molar-refractivity contribution in [1.29, 1.82) is 0 Å². The number of aromatic carboxylic acids is 1. The predicted molar refractivity (Wildman–Crippen MR) is 106 cm³/mol. The normalized spacial score (nSPS) is 15.1. The number of nitrogens with zero attached hydrogens (tertiary/aromatic N) is 3. The SMILES string of the molecule is CCOC(=O)c1ccc(N2CCCN(Cc3cccc(C(=O)O)c3)CC2)nc1. The largest absolute Gasteiger partial charge is 0.478 e. The fourth-order valence-electron chi connectivity index (χ4n) is 3.33. The van der Waals surface area contributed by atoms with E-state index in [1.54, 1.807) is 37.4 Å². The maximum atomic E-state index is 11.8. The lowest BCUT2D eigenvalue weighted by Gasteiger charge is -2.23. The first-order valence-electron chi connectivity index (χ1n) is 9.49. The summed E-state index contributed by atoms with van der Waals surface area (Å²) in [4.78, 5) is 31.9. The first kappa shape index (κ1) is 19.8. The Bertz CT molecular complexity index is 823. The van der Waals surface area contributed by atoms with Crippen molar-refractivity contribution >= 4 is 17.8 Å². The highest BCUT2D eigenvalue weighted by Crippen LogP contribution is 2.16. The first-order chi connectivity index (χ1) is 13.6. The van der Waals surface area contributed by atoms with Gasteiger partial charge in [-0.3, -0.25) is 4.90 Å². The average molecular weight is 383 g/mol. The van der Waals surface area contributed by atoms with Gasteiger partial charge in [0.2, 0.25) is 0 Å². The smallest absolute Gasteiger partial charge is 0.339 e. The number of carbonyl (C=O) groups excluding carboxylic acids is 1. The molecule has 0 unspecified atom stereocenters. The molecule has 3 rings (SSSR count). The number of carbonyl (C=O) groups is 2. The molecule has 1 aromatic heterocycles. The Morgan fingerprint density at radius 3 is 2.68 bits per heavy atom. The van der Waals surface area contributed by atoms with Gasteiger partial charge in [-0.25, -0.2) is 14.6 Å². The molecule has 28 heavy (non-hydrogen) atoms. The maximum absolute atomic E-state index is 11.8. The van der Waals surface area contributed by atoms with Crippen LogP contribution in [0.5, 0.6) is 0 Å². The van der Waals surface area contributed by atoms with E-state index in [1.807, 2.05) is 12.1 Å². The van der Waals surface area contributed by atoms with Crippen LogP contribution in [0.4, 0.5) is 5.82 Å². The second-order valence-electron chi connectivity index (χ2n) is 6.75. The summed E-state index contributed by atoms with van der Waals surface area (Å²) in [7, 11) is 0. The van der Waals surface area contributed by atoms with Crippen LogP contribution < -0.4 is 4.90 Å². The van der Waals surface area contributed by atoms with Crippen LogP contribution in [0.1, 0.15) is 39.6 Å². The molecule has 148 valence electrons. The van der Waals surface area contributed by atoms with E-state index in [9.17, 15) is 9.59 Å². The van der Waals surface area contributed by atoms with Crippen molar-refractivity contribution in [2.75, 3.05) is 37.7 Å². The monoisotopic (exact) mass is 383 g/mol. The highest BCUT2D eigenvalue weighted by atomic mass is 16.5. The number of aromatic nitrogens is 1. The van der Waals surface area contributed by atoms with Gasteiger partial charge >= 0.3 is 11.9 Å². The van der Waals surface area contributed by atoms with E-state index in [0.29, 0.717) is 17.7 Å². The number of ether oxygens (including phenoxy) is 1. The summed E-state index contributed by atoms with van der Waals surface area (Å²) in [6, 6.07) is 10.7. The zero-order valence-electron chi connectivity index (χ0n) is 16.0. The van der Waals surface area contributed by atoms with Crippen molar-refractivity contribution in [3.63, 3.8) is 0 Å². The summed E-state index contributed by atoms with van der Waals surface area (Å²) in [5, 5.41) is 9.15. The third kappa shape index (κ3) is 5.07. The summed E-state index contributed by atoms with van der Waals surface area (Å²) in [5.74, 6) is -0.406. The second-order valence-corrected chi connectivity index (χ2v) is 6.75. The molecule has 1 saturated heterocycles. The molecule has 0 bridgehead atoms. The highest BCUT2D eigenvalue weighted by molar-refractivity contribution is 5.89. The third-order valence-corrected chi connectivity index (χ3v) is 4.75. The van der Waals surface area contributed by atoms with Gasteiger partial charge in [0.15, 0.2) is 0 Å². The molecule has 2 heterocycles. The van der Waals surface area contributed by atoms with Crippen molar-refractivity contribution in [3.8, 4) is 0 Å². The molecule has 7 heteroatoms. The van der Waals surface area contributed by atoms with Crippen molar-refractivity contribution in [1.82, 2.24) is 9.88 Å². The first-order valence-corrected chi connectivity index (χ1v) is 9.49. The molecular weight excluding hydrogens is 358 g/mol. The Hall–Kier alpha value is -2.93. The summed E-state index contributed by atoms with van der Waals surface area (Å²) in [6.45, 7) is 6.36. The molecule has 0 radical (unpaired) electrons. The summed E-state index contributed by atoms with van der Waals surface area (Å²) in [5.41, 5.74) is 1.78. The van der Waals surface area contributed by atoms with Gasteiger partial charge in [0.05, 0.1) is 17.7 Å². The lowest BCUT2D eigenvalue weighted by Crippen LogP contribution is -2.31. The Balaban J connectivity index is 1.59. The number of rotatable bonds is 6. The van der Waals surface area contributed by atoms with Crippen molar-refractivity contribution < 1.29 is 19.4 Å². The molecule has 2 aromatic rings. The number of benzene rings is 1. The van der Waals surface area contributed by atoms with E-state index in [4.69, 9.17) is 9.84 Å². The molecule has 0 amide bonds. The molecule has 0 spiro atoms. The van der Waals surface area contributed by atoms with E-state index in [2.05, 4.69) is 14.8 Å². The quantitative estimate of drug-likeness (QED) is 0.768. The van der Waals surface area contributed by atoms with Gasteiger partial charge in [-0.15, -0.1) is 0 Å². The molecule has 1 aliphatic rings. The van der Waals surface area contributed by atoms with Crippen molar-refractivity contribution in [2.45, 2.75) is 19.9 Å². The number of carboxylic acids is 1. The fourth-order valence-corrected chi connectivity index (χ4v) is 3.33. The number of esters is 1. The number of hydrogen-bond donors (Lipinski definition) is 1. The molecule has 0 atom stereocenters. The summed E-state index contributed by atoms with van der Waals surface area (Å²) in [6.07, 6.45) is 2.55. The standard InChI is InChI=1S/C21H25N3O4/c1-2-28-21(27)18-7-8-19(22-14-18)24-10-4-9-23(11-12-24)15-16-5-3-6-17(13-16)20(25)26/h3,5-8,13-14H,2,4,9-12,15H2,1H3,(H,25,26). The van der Waals surface area contributed by atoms with Gasteiger partial charge in [-0.05, 0) is 43.2 Å². The number of carboxylic acid groups (broad SMARTS) is 1. The van der Waals surface area contributed by atoms with Crippen LogP contribution >= 0.6 is 0 Å². The minimum atomic E-state index is -0.902. The van der Waals surface area contributed by atoms with Crippen LogP contribution in [0, 0.1) is 0 Å². The van der Waals surface area contributed by atoms with E-state index >= 15 is 0 Å². The van der Waals surface area contributed by atoms with Crippen LogP contribution in [0.25, 0.3) is 0 Å². The van der Waals surface area contributed by atoms with Gasteiger partial charge in [-0.2, -0.15) is 0 Å². The minimum absolute atomic E-state index is 0.319. The molecule has 1 fully saturated rings. The average Bonchev–Trinajstić information content (AvgIpc) is 2.94. The van der Waals surface area contributed by atoms with Crippen LogP contribution in [-0.2, 0) is 11.3 Å². The van der Waals surface area contributed by atoms with E-state index < -0.39 is 5.97 Å². The topological polar surface area (TPSA) is 83.0 Å². The zero-order valence-corrected chi connectivity index (χ0v) is 16.0.